The molecule has 2 heterocycles. The molecule has 0 saturated carbocycles. The summed E-state index contributed by atoms with van der Waals surface area (Å²) in [5.74, 6) is -0.366. The van der Waals surface area contributed by atoms with Crippen LogP contribution in [0.4, 0.5) is 4.79 Å². The number of cyclic esters (lactones) is 1. The van der Waals surface area contributed by atoms with Gasteiger partial charge in [0.25, 0.3) is 0 Å². The van der Waals surface area contributed by atoms with E-state index in [-0.39, 0.29) is 18.1 Å². The average Bonchev–Trinajstić information content (AvgIpc) is 3.12. The molecule has 24 heavy (non-hydrogen) atoms. The standard InChI is InChI=1S/C17H21N3O4/c1-2-23-16(21)15-12(5-6-18)13-8-10(3-4-14(13)20-15)7-11-9-24-17(22)19-11/h3-4,8,11,20H,2,5-7,9,18H2,1H3,(H,19,22)/t11-/m1/s1. The highest BCUT2D eigenvalue weighted by atomic mass is 16.6. The lowest BCUT2D eigenvalue weighted by atomic mass is 10.0. The van der Waals surface area contributed by atoms with Crippen LogP contribution in [0.2, 0.25) is 0 Å². The minimum atomic E-state index is -0.379. The number of fused-ring (bicyclic) bond motifs is 1. The molecule has 1 aromatic carbocycles. The van der Waals surface area contributed by atoms with Crippen LogP contribution in [0.3, 0.4) is 0 Å². The van der Waals surface area contributed by atoms with E-state index in [0.29, 0.717) is 38.3 Å². The molecule has 1 aliphatic heterocycles. The predicted octanol–water partition coefficient (Wildman–Crippen LogP) is 1.50. The normalized spacial score (nSPS) is 16.9. The van der Waals surface area contributed by atoms with E-state index >= 15 is 0 Å². The summed E-state index contributed by atoms with van der Waals surface area (Å²) in [6, 6.07) is 5.91. The van der Waals surface area contributed by atoms with Crippen LogP contribution < -0.4 is 11.1 Å². The smallest absolute Gasteiger partial charge is 0.407 e. The van der Waals surface area contributed by atoms with E-state index in [4.69, 9.17) is 15.2 Å². The van der Waals surface area contributed by atoms with Crippen molar-refractivity contribution in [3.05, 3.63) is 35.0 Å². The van der Waals surface area contributed by atoms with Gasteiger partial charge in [0.2, 0.25) is 0 Å². The molecule has 0 spiro atoms. The van der Waals surface area contributed by atoms with Crippen molar-refractivity contribution in [2.75, 3.05) is 19.8 Å². The second kappa shape index (κ2) is 6.92. The average molecular weight is 331 g/mol. The van der Waals surface area contributed by atoms with E-state index in [1.165, 1.54) is 0 Å². The number of ether oxygens (including phenoxy) is 2. The number of alkyl carbamates (subject to hydrolysis) is 1. The number of nitrogens with one attached hydrogen (secondary N) is 2. The van der Waals surface area contributed by atoms with Gasteiger partial charge in [-0.3, -0.25) is 0 Å². The SMILES string of the molecule is CCOC(=O)c1[nH]c2ccc(C[C@@H]3COC(=O)N3)cc2c1CCN. The van der Waals surface area contributed by atoms with Gasteiger partial charge in [-0.15, -0.1) is 0 Å². The molecule has 1 aliphatic rings. The fourth-order valence-corrected chi connectivity index (χ4v) is 3.02. The Labute approximate surface area is 139 Å². The molecule has 0 aliphatic carbocycles. The number of amides is 1. The molecule has 7 nitrogen and oxygen atoms in total. The van der Waals surface area contributed by atoms with Crippen molar-refractivity contribution in [3.8, 4) is 0 Å². The number of aromatic amines is 1. The lowest BCUT2D eigenvalue weighted by Crippen LogP contribution is -2.28. The number of esters is 1. The molecule has 1 saturated heterocycles. The first-order valence-corrected chi connectivity index (χ1v) is 8.06. The van der Waals surface area contributed by atoms with E-state index < -0.39 is 0 Å². The number of nitrogens with two attached hydrogens (primary N) is 1. The molecule has 2 aromatic rings. The molecule has 0 unspecified atom stereocenters. The number of hydrogen-bond acceptors (Lipinski definition) is 5. The lowest BCUT2D eigenvalue weighted by molar-refractivity contribution is 0.0519. The van der Waals surface area contributed by atoms with Crippen molar-refractivity contribution in [2.45, 2.75) is 25.8 Å². The fourth-order valence-electron chi connectivity index (χ4n) is 3.02. The van der Waals surface area contributed by atoms with Crippen LogP contribution in [0, 0.1) is 0 Å². The van der Waals surface area contributed by atoms with Crippen molar-refractivity contribution in [1.29, 1.82) is 0 Å². The molecule has 1 aromatic heterocycles. The Bertz CT molecular complexity index is 769. The summed E-state index contributed by atoms with van der Waals surface area (Å²) in [5.41, 5.74) is 8.98. The molecular weight excluding hydrogens is 310 g/mol. The van der Waals surface area contributed by atoms with E-state index in [1.54, 1.807) is 6.92 Å². The predicted molar refractivity (Wildman–Crippen MR) is 89.0 cm³/mol. The molecule has 0 bridgehead atoms. The fraction of sp³-hybridized carbons (Fsp3) is 0.412. The van der Waals surface area contributed by atoms with Gasteiger partial charge in [0.15, 0.2) is 0 Å². The summed E-state index contributed by atoms with van der Waals surface area (Å²) in [4.78, 5) is 26.4. The zero-order valence-corrected chi connectivity index (χ0v) is 13.6. The molecule has 0 radical (unpaired) electrons. The highest BCUT2D eigenvalue weighted by Gasteiger charge is 2.23. The second-order valence-corrected chi connectivity index (χ2v) is 5.76. The molecule has 3 rings (SSSR count). The van der Waals surface area contributed by atoms with Gasteiger partial charge >= 0.3 is 12.1 Å². The Kier molecular flexibility index (Phi) is 4.71. The number of rotatable bonds is 6. The van der Waals surface area contributed by atoms with Crippen LogP contribution in [0.5, 0.6) is 0 Å². The lowest BCUT2D eigenvalue weighted by Gasteiger charge is -2.08. The van der Waals surface area contributed by atoms with E-state index in [9.17, 15) is 9.59 Å². The molecule has 1 amide bonds. The molecule has 1 fully saturated rings. The van der Waals surface area contributed by atoms with Gasteiger partial charge in [0.05, 0.1) is 12.6 Å². The van der Waals surface area contributed by atoms with Gasteiger partial charge in [-0.05, 0) is 49.6 Å². The van der Waals surface area contributed by atoms with E-state index in [2.05, 4.69) is 10.3 Å². The third-order valence-corrected chi connectivity index (χ3v) is 4.06. The zero-order chi connectivity index (χ0) is 17.1. The third-order valence-electron chi connectivity index (χ3n) is 4.06. The summed E-state index contributed by atoms with van der Waals surface area (Å²) < 4.78 is 10.0. The monoisotopic (exact) mass is 331 g/mol. The summed E-state index contributed by atoms with van der Waals surface area (Å²) in [6.45, 7) is 2.91. The summed E-state index contributed by atoms with van der Waals surface area (Å²) in [5, 5.41) is 3.73. The highest BCUT2D eigenvalue weighted by Crippen LogP contribution is 2.25. The molecule has 7 heteroatoms. The number of H-pyrrole nitrogens is 1. The van der Waals surface area contributed by atoms with Crippen molar-refractivity contribution in [2.24, 2.45) is 5.73 Å². The Morgan fingerprint density at radius 2 is 2.29 bits per heavy atom. The number of aromatic nitrogens is 1. The molecule has 4 N–H and O–H groups in total. The maximum Gasteiger partial charge on any atom is 0.407 e. The van der Waals surface area contributed by atoms with Crippen LogP contribution >= 0.6 is 0 Å². The van der Waals surface area contributed by atoms with Gasteiger partial charge in [-0.2, -0.15) is 0 Å². The Morgan fingerprint density at radius 3 is 2.96 bits per heavy atom. The minimum Gasteiger partial charge on any atom is -0.461 e. The van der Waals surface area contributed by atoms with Gasteiger partial charge in [0, 0.05) is 10.9 Å². The topological polar surface area (TPSA) is 106 Å². The van der Waals surface area contributed by atoms with Gasteiger partial charge < -0.3 is 25.5 Å². The number of carbonyl (C=O) groups is 2. The maximum atomic E-state index is 12.2. The van der Waals surface area contributed by atoms with Crippen LogP contribution in [-0.4, -0.2) is 42.8 Å². The molecule has 128 valence electrons. The summed E-state index contributed by atoms with van der Waals surface area (Å²) >= 11 is 0. The van der Waals surface area contributed by atoms with Gasteiger partial charge in [-0.1, -0.05) is 6.07 Å². The van der Waals surface area contributed by atoms with Crippen LogP contribution in [0.15, 0.2) is 18.2 Å². The van der Waals surface area contributed by atoms with Crippen LogP contribution in [-0.2, 0) is 22.3 Å². The molecule has 1 atom stereocenters. The first-order chi connectivity index (χ1) is 11.6. The van der Waals surface area contributed by atoms with Crippen molar-refractivity contribution < 1.29 is 19.1 Å². The largest absolute Gasteiger partial charge is 0.461 e. The van der Waals surface area contributed by atoms with E-state index in [0.717, 1.165) is 22.0 Å². The number of carbonyl (C=O) groups excluding carboxylic acids is 2. The zero-order valence-electron chi connectivity index (χ0n) is 13.6. The number of hydrogen-bond donors (Lipinski definition) is 3. The Morgan fingerprint density at radius 1 is 1.46 bits per heavy atom. The van der Waals surface area contributed by atoms with Gasteiger partial charge in [-0.25, -0.2) is 9.59 Å². The summed E-state index contributed by atoms with van der Waals surface area (Å²) in [7, 11) is 0. The Balaban J connectivity index is 1.93. The van der Waals surface area contributed by atoms with Crippen molar-refractivity contribution >= 4 is 23.0 Å². The highest BCUT2D eigenvalue weighted by molar-refractivity contribution is 5.98. The quantitative estimate of drug-likeness (QED) is 0.695. The van der Waals surface area contributed by atoms with Crippen molar-refractivity contribution in [3.63, 3.8) is 0 Å². The molecular formula is C17H21N3O4. The first-order valence-electron chi connectivity index (χ1n) is 8.06. The van der Waals surface area contributed by atoms with Crippen LogP contribution in [0.1, 0.15) is 28.5 Å². The first kappa shape index (κ1) is 16.3. The second-order valence-electron chi connectivity index (χ2n) is 5.76. The Hall–Kier alpha value is -2.54. The van der Waals surface area contributed by atoms with Crippen molar-refractivity contribution in [1.82, 2.24) is 10.3 Å². The third kappa shape index (κ3) is 3.21. The summed E-state index contributed by atoms with van der Waals surface area (Å²) in [6.07, 6.45) is 0.876. The number of benzene rings is 1. The maximum absolute atomic E-state index is 12.2. The minimum absolute atomic E-state index is 0.0311. The van der Waals surface area contributed by atoms with Crippen LogP contribution in [0.25, 0.3) is 10.9 Å². The van der Waals surface area contributed by atoms with Gasteiger partial charge in [0.1, 0.15) is 12.3 Å². The van der Waals surface area contributed by atoms with E-state index in [1.807, 2.05) is 18.2 Å².